The summed E-state index contributed by atoms with van der Waals surface area (Å²) in [7, 11) is 1.43. The molecule has 5 heteroatoms. The Morgan fingerprint density at radius 1 is 1.47 bits per heavy atom. The third kappa shape index (κ3) is 4.87. The average Bonchev–Trinajstić information content (AvgIpc) is 2.38. The summed E-state index contributed by atoms with van der Waals surface area (Å²) in [5.74, 6) is -0.398. The Labute approximate surface area is 112 Å². The fraction of sp³-hybridized carbons (Fsp3) is 0.500. The molecule has 0 amide bonds. The Morgan fingerprint density at radius 3 is 2.79 bits per heavy atom. The molecule has 0 heterocycles. The van der Waals surface area contributed by atoms with E-state index in [2.05, 4.69) is 5.32 Å². The van der Waals surface area contributed by atoms with E-state index < -0.39 is 0 Å². The number of esters is 1. The standard InChI is InChI=1S/C14H20FNO3/c1-4-19-14(17)7-8-16-10(2)11-5-6-13(18-3)12(15)9-11/h5-6,9-10,16H,4,7-8H2,1-3H3. The van der Waals surface area contributed by atoms with Gasteiger partial charge in [-0.3, -0.25) is 4.79 Å². The van der Waals surface area contributed by atoms with Crippen LogP contribution in [0.4, 0.5) is 4.39 Å². The molecule has 1 N–H and O–H groups in total. The fourth-order valence-corrected chi connectivity index (χ4v) is 1.69. The molecule has 0 spiro atoms. The Kier molecular flexibility index (Phi) is 6.29. The van der Waals surface area contributed by atoms with Crippen LogP contribution in [0.25, 0.3) is 0 Å². The quantitative estimate of drug-likeness (QED) is 0.772. The van der Waals surface area contributed by atoms with E-state index in [0.29, 0.717) is 19.6 Å². The maximum absolute atomic E-state index is 13.5. The summed E-state index contributed by atoms with van der Waals surface area (Å²) in [5, 5.41) is 3.14. The van der Waals surface area contributed by atoms with Crippen molar-refractivity contribution in [3.05, 3.63) is 29.6 Å². The molecule has 1 atom stereocenters. The highest BCUT2D eigenvalue weighted by Gasteiger charge is 2.10. The van der Waals surface area contributed by atoms with Crippen molar-refractivity contribution < 1.29 is 18.7 Å². The molecule has 1 aromatic carbocycles. The molecule has 0 saturated carbocycles. The van der Waals surface area contributed by atoms with Gasteiger partial charge in [-0.05, 0) is 31.5 Å². The Morgan fingerprint density at radius 2 is 2.21 bits per heavy atom. The molecular weight excluding hydrogens is 249 g/mol. The maximum Gasteiger partial charge on any atom is 0.307 e. The summed E-state index contributed by atoms with van der Waals surface area (Å²) in [4.78, 5) is 11.2. The first-order valence-electron chi connectivity index (χ1n) is 6.31. The van der Waals surface area contributed by atoms with Gasteiger partial charge in [-0.25, -0.2) is 4.39 Å². The van der Waals surface area contributed by atoms with E-state index in [0.717, 1.165) is 5.56 Å². The summed E-state index contributed by atoms with van der Waals surface area (Å²) < 4.78 is 23.2. The highest BCUT2D eigenvalue weighted by molar-refractivity contribution is 5.69. The first kappa shape index (κ1) is 15.4. The lowest BCUT2D eigenvalue weighted by molar-refractivity contribution is -0.143. The summed E-state index contributed by atoms with van der Waals surface area (Å²) in [6.45, 7) is 4.56. The van der Waals surface area contributed by atoms with Crippen LogP contribution in [-0.4, -0.2) is 26.2 Å². The second-order valence-corrected chi connectivity index (χ2v) is 4.12. The molecule has 0 aromatic heterocycles. The lowest BCUT2D eigenvalue weighted by atomic mass is 10.1. The highest BCUT2D eigenvalue weighted by Crippen LogP contribution is 2.21. The van der Waals surface area contributed by atoms with E-state index in [-0.39, 0.29) is 23.6 Å². The van der Waals surface area contributed by atoms with Crippen LogP contribution in [0.1, 0.15) is 31.9 Å². The third-order valence-electron chi connectivity index (χ3n) is 2.76. The topological polar surface area (TPSA) is 47.6 Å². The monoisotopic (exact) mass is 269 g/mol. The van der Waals surface area contributed by atoms with Crippen molar-refractivity contribution in [2.75, 3.05) is 20.3 Å². The number of ether oxygens (including phenoxy) is 2. The molecule has 0 aliphatic heterocycles. The zero-order chi connectivity index (χ0) is 14.3. The molecule has 1 aromatic rings. The molecule has 0 bridgehead atoms. The van der Waals surface area contributed by atoms with Crippen molar-refractivity contribution in [1.29, 1.82) is 0 Å². The Bertz CT molecular complexity index is 423. The van der Waals surface area contributed by atoms with Gasteiger partial charge in [-0.2, -0.15) is 0 Å². The van der Waals surface area contributed by atoms with Gasteiger partial charge in [0.1, 0.15) is 0 Å². The number of nitrogens with one attached hydrogen (secondary N) is 1. The van der Waals surface area contributed by atoms with Crippen molar-refractivity contribution in [2.45, 2.75) is 26.3 Å². The Balaban J connectivity index is 2.47. The van der Waals surface area contributed by atoms with Gasteiger partial charge in [0.05, 0.1) is 20.1 Å². The predicted octanol–water partition coefficient (Wildman–Crippen LogP) is 2.44. The van der Waals surface area contributed by atoms with Crippen LogP contribution in [0.2, 0.25) is 0 Å². The molecule has 106 valence electrons. The zero-order valence-corrected chi connectivity index (χ0v) is 11.5. The zero-order valence-electron chi connectivity index (χ0n) is 11.5. The van der Waals surface area contributed by atoms with Crippen LogP contribution in [-0.2, 0) is 9.53 Å². The predicted molar refractivity (Wildman–Crippen MR) is 70.6 cm³/mol. The maximum atomic E-state index is 13.5. The highest BCUT2D eigenvalue weighted by atomic mass is 19.1. The lowest BCUT2D eigenvalue weighted by Gasteiger charge is -2.14. The van der Waals surface area contributed by atoms with Gasteiger partial charge >= 0.3 is 5.97 Å². The molecule has 0 fully saturated rings. The van der Waals surface area contributed by atoms with Gasteiger partial charge in [0.25, 0.3) is 0 Å². The minimum absolute atomic E-state index is 0.0465. The smallest absolute Gasteiger partial charge is 0.307 e. The molecular formula is C14H20FNO3. The van der Waals surface area contributed by atoms with Gasteiger partial charge in [0.15, 0.2) is 11.6 Å². The summed E-state index contributed by atoms with van der Waals surface area (Å²) in [6, 6.07) is 4.77. The molecule has 0 saturated heterocycles. The van der Waals surface area contributed by atoms with E-state index in [4.69, 9.17) is 9.47 Å². The number of benzene rings is 1. The van der Waals surface area contributed by atoms with Crippen LogP contribution in [0.15, 0.2) is 18.2 Å². The van der Waals surface area contributed by atoms with Crippen molar-refractivity contribution in [2.24, 2.45) is 0 Å². The van der Waals surface area contributed by atoms with E-state index in [1.807, 2.05) is 6.92 Å². The minimum atomic E-state index is -0.390. The first-order valence-corrected chi connectivity index (χ1v) is 6.31. The minimum Gasteiger partial charge on any atom is -0.494 e. The number of hydrogen-bond acceptors (Lipinski definition) is 4. The number of carbonyl (C=O) groups is 1. The van der Waals surface area contributed by atoms with Gasteiger partial charge in [-0.15, -0.1) is 0 Å². The summed E-state index contributed by atoms with van der Waals surface area (Å²) in [5.41, 5.74) is 0.808. The van der Waals surface area contributed by atoms with Gasteiger partial charge in [0, 0.05) is 12.6 Å². The van der Waals surface area contributed by atoms with Crippen molar-refractivity contribution in [1.82, 2.24) is 5.32 Å². The third-order valence-corrected chi connectivity index (χ3v) is 2.76. The fourth-order valence-electron chi connectivity index (χ4n) is 1.69. The van der Waals surface area contributed by atoms with Crippen LogP contribution >= 0.6 is 0 Å². The number of methoxy groups -OCH3 is 1. The van der Waals surface area contributed by atoms with Gasteiger partial charge < -0.3 is 14.8 Å². The molecule has 0 aliphatic carbocycles. The second kappa shape index (κ2) is 7.74. The number of hydrogen-bond donors (Lipinski definition) is 1. The Hall–Kier alpha value is -1.62. The second-order valence-electron chi connectivity index (χ2n) is 4.12. The number of carbonyl (C=O) groups excluding carboxylic acids is 1. The first-order chi connectivity index (χ1) is 9.08. The van der Waals surface area contributed by atoms with Crippen LogP contribution in [0.5, 0.6) is 5.75 Å². The largest absolute Gasteiger partial charge is 0.494 e. The van der Waals surface area contributed by atoms with Crippen molar-refractivity contribution in [3.63, 3.8) is 0 Å². The summed E-state index contributed by atoms with van der Waals surface area (Å²) in [6.07, 6.45) is 0.302. The molecule has 0 aliphatic rings. The molecule has 19 heavy (non-hydrogen) atoms. The van der Waals surface area contributed by atoms with Crippen LogP contribution in [0.3, 0.4) is 0 Å². The van der Waals surface area contributed by atoms with Gasteiger partial charge in [0.2, 0.25) is 0 Å². The van der Waals surface area contributed by atoms with Crippen LogP contribution < -0.4 is 10.1 Å². The number of rotatable bonds is 7. The summed E-state index contributed by atoms with van der Waals surface area (Å²) >= 11 is 0. The normalized spacial score (nSPS) is 12.0. The van der Waals surface area contributed by atoms with E-state index in [9.17, 15) is 9.18 Å². The lowest BCUT2D eigenvalue weighted by Crippen LogP contribution is -2.22. The average molecular weight is 269 g/mol. The van der Waals surface area contributed by atoms with Gasteiger partial charge in [-0.1, -0.05) is 6.07 Å². The number of halogens is 1. The molecule has 1 unspecified atom stereocenters. The van der Waals surface area contributed by atoms with Crippen molar-refractivity contribution >= 4 is 5.97 Å². The molecule has 0 radical (unpaired) electrons. The van der Waals surface area contributed by atoms with Crippen molar-refractivity contribution in [3.8, 4) is 5.75 Å². The van der Waals surface area contributed by atoms with Crippen LogP contribution in [0, 0.1) is 5.82 Å². The van der Waals surface area contributed by atoms with E-state index >= 15 is 0 Å². The van der Waals surface area contributed by atoms with E-state index in [1.54, 1.807) is 19.1 Å². The van der Waals surface area contributed by atoms with E-state index in [1.165, 1.54) is 13.2 Å². The molecule has 1 rings (SSSR count). The SMILES string of the molecule is CCOC(=O)CCNC(C)c1ccc(OC)c(F)c1. The molecule has 4 nitrogen and oxygen atoms in total.